The van der Waals surface area contributed by atoms with E-state index in [4.69, 9.17) is 37.0 Å². The predicted molar refractivity (Wildman–Crippen MR) is 391 cm³/mol. The fourth-order valence-electron chi connectivity index (χ4n) is 11.8. The predicted octanol–water partition coefficient (Wildman–Crippen LogP) is 22.9. The number of carbonyl (C=O) groups is 4. The lowest BCUT2D eigenvalue weighted by Gasteiger charge is -2.21. The normalized spacial score (nSPS) is 14.2. The summed E-state index contributed by atoms with van der Waals surface area (Å²) in [5.74, 6) is -1.24. The zero-order chi connectivity index (χ0) is 70.5. The second kappa shape index (κ2) is 70.1. The fourth-order valence-corrected chi connectivity index (χ4v) is 13.4. The van der Waals surface area contributed by atoms with E-state index in [-0.39, 0.29) is 25.7 Å². The summed E-state index contributed by atoms with van der Waals surface area (Å²) in [7, 11) is -9.90. The highest BCUT2D eigenvalue weighted by Crippen LogP contribution is 2.45. The number of hydrogen-bond donors (Lipinski definition) is 3. The number of esters is 4. The maximum atomic E-state index is 13.1. The van der Waals surface area contributed by atoms with E-state index in [2.05, 4.69) is 34.6 Å². The number of unbranched alkanes of at least 4 members (excludes halogenated alkanes) is 48. The third-order valence-electron chi connectivity index (χ3n) is 18.4. The van der Waals surface area contributed by atoms with Crippen molar-refractivity contribution in [3.05, 3.63) is 0 Å². The van der Waals surface area contributed by atoms with Gasteiger partial charge < -0.3 is 33.8 Å². The van der Waals surface area contributed by atoms with Gasteiger partial charge in [0, 0.05) is 25.7 Å². The summed E-state index contributed by atoms with van der Waals surface area (Å²) in [6.45, 7) is 7.34. The van der Waals surface area contributed by atoms with Crippen LogP contribution in [0.4, 0.5) is 0 Å². The van der Waals surface area contributed by atoms with Crippen molar-refractivity contribution >= 4 is 39.5 Å². The third kappa shape index (κ3) is 69.2. The number of aliphatic hydroxyl groups excluding tert-OH is 1. The molecule has 0 spiro atoms. The van der Waals surface area contributed by atoms with Crippen LogP contribution in [-0.2, 0) is 65.4 Å². The summed E-state index contributed by atoms with van der Waals surface area (Å²) in [5, 5.41) is 10.6. The number of phosphoric acid groups is 2. The molecule has 0 aliphatic carbocycles. The van der Waals surface area contributed by atoms with Crippen LogP contribution in [0.5, 0.6) is 0 Å². The van der Waals surface area contributed by atoms with Gasteiger partial charge in [0.05, 0.1) is 26.4 Å². The zero-order valence-corrected chi connectivity index (χ0v) is 64.3. The van der Waals surface area contributed by atoms with Gasteiger partial charge in [0.2, 0.25) is 0 Å². The highest BCUT2D eigenvalue weighted by molar-refractivity contribution is 7.47. The zero-order valence-electron chi connectivity index (χ0n) is 62.5. The second-order valence-corrected chi connectivity index (χ2v) is 30.9. The van der Waals surface area contributed by atoms with E-state index in [1.54, 1.807) is 0 Å². The van der Waals surface area contributed by atoms with Crippen molar-refractivity contribution in [2.24, 2.45) is 5.92 Å². The van der Waals surface area contributed by atoms with E-state index >= 15 is 0 Å². The van der Waals surface area contributed by atoms with Crippen LogP contribution in [0.1, 0.15) is 407 Å². The van der Waals surface area contributed by atoms with Crippen molar-refractivity contribution in [2.45, 2.75) is 425 Å². The van der Waals surface area contributed by atoms with E-state index in [0.717, 1.165) is 102 Å². The summed E-state index contributed by atoms with van der Waals surface area (Å²) in [6, 6.07) is 0. The number of aliphatic hydroxyl groups is 1. The van der Waals surface area contributed by atoms with Crippen molar-refractivity contribution in [1.82, 2.24) is 0 Å². The Kier molecular flexibility index (Phi) is 68.7. The number of rotatable bonds is 77. The molecule has 0 saturated heterocycles. The van der Waals surface area contributed by atoms with Crippen molar-refractivity contribution in [2.75, 3.05) is 39.6 Å². The van der Waals surface area contributed by atoms with Crippen molar-refractivity contribution in [3.63, 3.8) is 0 Å². The molecule has 0 saturated carbocycles. The van der Waals surface area contributed by atoms with Crippen molar-refractivity contribution in [1.29, 1.82) is 0 Å². The van der Waals surface area contributed by atoms with E-state index in [0.29, 0.717) is 25.7 Å². The highest BCUT2D eigenvalue weighted by Gasteiger charge is 2.30. The maximum Gasteiger partial charge on any atom is 0.472 e. The van der Waals surface area contributed by atoms with E-state index < -0.39 is 97.5 Å². The van der Waals surface area contributed by atoms with Gasteiger partial charge >= 0.3 is 39.5 Å². The molecule has 17 nitrogen and oxygen atoms in total. The minimum Gasteiger partial charge on any atom is -0.462 e. The molecular weight excluding hydrogens is 1260 g/mol. The SMILES string of the molecule is CCCCCCCCCCCCCCCCCC(=O)OC[C@H](COP(=O)(O)OC[C@@H](O)COP(=O)(O)OC[C@@H](COC(=O)CCCCCCCCCC)OC(=O)CCCCCCCCCCCCC)OC(=O)CCCCCCCCCCCCCCCCCCCCC(C)CC. The van der Waals surface area contributed by atoms with Gasteiger partial charge in [0.15, 0.2) is 12.2 Å². The van der Waals surface area contributed by atoms with Crippen LogP contribution in [0.15, 0.2) is 0 Å². The Morgan fingerprint density at radius 3 is 0.740 bits per heavy atom. The van der Waals surface area contributed by atoms with Gasteiger partial charge in [-0.2, -0.15) is 0 Å². The molecule has 0 aromatic carbocycles. The molecule has 0 aliphatic heterocycles. The molecule has 0 aliphatic rings. The first-order valence-electron chi connectivity index (χ1n) is 40.2. The smallest absolute Gasteiger partial charge is 0.462 e. The number of hydrogen-bond acceptors (Lipinski definition) is 15. The van der Waals surface area contributed by atoms with Gasteiger partial charge in [-0.15, -0.1) is 0 Å². The Bertz CT molecular complexity index is 1840. The van der Waals surface area contributed by atoms with Gasteiger partial charge in [-0.05, 0) is 31.6 Å². The monoisotopic (exact) mass is 1410 g/mol. The van der Waals surface area contributed by atoms with Crippen LogP contribution < -0.4 is 0 Å². The first kappa shape index (κ1) is 94.1. The lowest BCUT2D eigenvalue weighted by atomic mass is 9.99. The molecule has 3 N–H and O–H groups in total. The Labute approximate surface area is 588 Å². The van der Waals surface area contributed by atoms with Gasteiger partial charge in [0.1, 0.15) is 19.3 Å². The fraction of sp³-hybridized carbons (Fsp3) is 0.948. The van der Waals surface area contributed by atoms with Gasteiger partial charge in [0.25, 0.3) is 0 Å². The topological polar surface area (TPSA) is 237 Å². The first-order valence-corrected chi connectivity index (χ1v) is 43.2. The van der Waals surface area contributed by atoms with Gasteiger partial charge in [-0.25, -0.2) is 9.13 Å². The molecule has 0 rings (SSSR count). The van der Waals surface area contributed by atoms with Crippen LogP contribution in [0.25, 0.3) is 0 Å². The summed E-state index contributed by atoms with van der Waals surface area (Å²) >= 11 is 0. The van der Waals surface area contributed by atoms with Gasteiger partial charge in [-0.3, -0.25) is 37.3 Å². The van der Waals surface area contributed by atoms with Crippen LogP contribution in [0.3, 0.4) is 0 Å². The molecule has 0 radical (unpaired) electrons. The van der Waals surface area contributed by atoms with E-state index in [1.807, 2.05) is 0 Å². The largest absolute Gasteiger partial charge is 0.472 e. The standard InChI is InChI=1S/C77H150O17P2/c1-6-10-13-16-19-22-24-25-30-34-38-41-46-51-56-61-75(80)88-67-73(94-77(82)63-58-53-48-43-39-35-32-29-27-26-28-31-33-37-40-44-49-54-59-70(5)9-4)69-92-96(85,86)90-65-71(78)64-89-95(83,84)91-68-72(66-87-74(79)60-55-50-45-21-18-15-12-8-3)93-76(81)62-57-52-47-42-36-23-20-17-14-11-7-2/h70-73,78H,6-69H2,1-5H3,(H,83,84)(H,85,86)/t70?,71-,72+,73+/m0/s1. The first-order chi connectivity index (χ1) is 46.6. The molecule has 3 unspecified atom stereocenters. The highest BCUT2D eigenvalue weighted by atomic mass is 31.2. The van der Waals surface area contributed by atoms with Crippen molar-refractivity contribution in [3.8, 4) is 0 Å². The molecular formula is C77H150O17P2. The molecule has 0 aromatic heterocycles. The van der Waals surface area contributed by atoms with Crippen LogP contribution >= 0.6 is 15.6 Å². The molecule has 0 aromatic rings. The third-order valence-corrected chi connectivity index (χ3v) is 20.3. The maximum absolute atomic E-state index is 13.1. The summed E-state index contributed by atoms with van der Waals surface area (Å²) in [4.78, 5) is 72.7. The molecule has 0 heterocycles. The summed E-state index contributed by atoms with van der Waals surface area (Å²) in [5.41, 5.74) is 0. The minimum atomic E-state index is -4.96. The Morgan fingerprint density at radius 2 is 0.500 bits per heavy atom. The Hall–Kier alpha value is -1.94. The van der Waals surface area contributed by atoms with Crippen LogP contribution in [-0.4, -0.2) is 96.7 Å². The average molecular weight is 1410 g/mol. The quantitative estimate of drug-likeness (QED) is 0.0222. The van der Waals surface area contributed by atoms with Gasteiger partial charge in [-0.1, -0.05) is 356 Å². The molecule has 6 atom stereocenters. The van der Waals surface area contributed by atoms with Crippen LogP contribution in [0.2, 0.25) is 0 Å². The van der Waals surface area contributed by atoms with Crippen molar-refractivity contribution < 1.29 is 80.2 Å². The number of ether oxygens (including phenoxy) is 4. The molecule has 19 heteroatoms. The molecule has 0 bridgehead atoms. The Balaban J connectivity index is 5.16. The molecule has 96 heavy (non-hydrogen) atoms. The molecule has 570 valence electrons. The van der Waals surface area contributed by atoms with E-state index in [1.165, 1.54) is 225 Å². The average Bonchev–Trinajstić information content (AvgIpc) is 1.57. The number of carbonyl (C=O) groups excluding carboxylic acids is 4. The minimum absolute atomic E-state index is 0.107. The lowest BCUT2D eigenvalue weighted by molar-refractivity contribution is -0.161. The summed E-state index contributed by atoms with van der Waals surface area (Å²) in [6.07, 6.45) is 59.7. The number of phosphoric ester groups is 2. The molecule has 0 amide bonds. The second-order valence-electron chi connectivity index (χ2n) is 28.0. The van der Waals surface area contributed by atoms with E-state index in [9.17, 15) is 43.2 Å². The Morgan fingerprint density at radius 1 is 0.292 bits per heavy atom. The molecule has 0 fully saturated rings. The lowest BCUT2D eigenvalue weighted by Crippen LogP contribution is -2.30. The van der Waals surface area contributed by atoms with Crippen LogP contribution in [0, 0.1) is 5.92 Å². The summed E-state index contributed by atoms with van der Waals surface area (Å²) < 4.78 is 68.4.